The number of rotatable bonds is 3. The Kier molecular flexibility index (Phi) is 3.75. The number of hydrogen-bond donors (Lipinski definition) is 0. The number of terminal acetylenes is 1. The first kappa shape index (κ1) is 10.3. The summed E-state index contributed by atoms with van der Waals surface area (Å²) >= 11 is 0. The van der Waals surface area contributed by atoms with Gasteiger partial charge in [0.05, 0.1) is 6.54 Å². The molecule has 1 amide bonds. The predicted octanol–water partition coefficient (Wildman–Crippen LogP) is 1.78. The topological polar surface area (TPSA) is 20.3 Å². The van der Waals surface area contributed by atoms with Gasteiger partial charge in [-0.15, -0.1) is 6.42 Å². The Hall–Kier alpha value is -1.75. The second-order valence-corrected chi connectivity index (χ2v) is 2.89. The number of nitrogens with zero attached hydrogens (tertiary/aromatic N) is 1. The van der Waals surface area contributed by atoms with Crippen molar-refractivity contribution in [3.05, 3.63) is 35.9 Å². The van der Waals surface area contributed by atoms with E-state index in [1.807, 2.05) is 25.1 Å². The van der Waals surface area contributed by atoms with Gasteiger partial charge in [0.1, 0.15) is 0 Å². The highest BCUT2D eigenvalue weighted by atomic mass is 16.2. The molecule has 0 bridgehead atoms. The Balaban J connectivity index is 2.79. The summed E-state index contributed by atoms with van der Waals surface area (Å²) in [5, 5.41) is 0. The minimum absolute atomic E-state index is 0.00829. The highest BCUT2D eigenvalue weighted by Gasteiger charge is 2.11. The van der Waals surface area contributed by atoms with Gasteiger partial charge in [0.25, 0.3) is 5.91 Å². The van der Waals surface area contributed by atoms with Crippen molar-refractivity contribution in [2.45, 2.75) is 6.92 Å². The molecule has 14 heavy (non-hydrogen) atoms. The van der Waals surface area contributed by atoms with Crippen molar-refractivity contribution in [2.24, 2.45) is 0 Å². The maximum Gasteiger partial charge on any atom is 0.254 e. The van der Waals surface area contributed by atoms with Crippen LogP contribution in [0.4, 0.5) is 0 Å². The maximum absolute atomic E-state index is 11.8. The Morgan fingerprint density at radius 2 is 2.07 bits per heavy atom. The van der Waals surface area contributed by atoms with Crippen molar-refractivity contribution in [3.8, 4) is 12.3 Å². The summed E-state index contributed by atoms with van der Waals surface area (Å²) < 4.78 is 0. The van der Waals surface area contributed by atoms with Gasteiger partial charge < -0.3 is 4.90 Å². The van der Waals surface area contributed by atoms with Crippen LogP contribution in [0.25, 0.3) is 0 Å². The first-order valence-electron chi connectivity index (χ1n) is 4.57. The maximum atomic E-state index is 11.8. The van der Waals surface area contributed by atoms with Gasteiger partial charge in [-0.2, -0.15) is 0 Å². The molecule has 0 saturated carbocycles. The first-order valence-corrected chi connectivity index (χ1v) is 4.57. The molecule has 1 aromatic rings. The Bertz CT molecular complexity index is 337. The van der Waals surface area contributed by atoms with Crippen LogP contribution < -0.4 is 0 Å². The van der Waals surface area contributed by atoms with Crippen LogP contribution in [-0.4, -0.2) is 23.9 Å². The van der Waals surface area contributed by atoms with E-state index in [1.54, 1.807) is 17.0 Å². The third-order valence-electron chi connectivity index (χ3n) is 1.97. The van der Waals surface area contributed by atoms with Gasteiger partial charge in [-0.05, 0) is 19.1 Å². The van der Waals surface area contributed by atoms with Crippen molar-refractivity contribution in [3.63, 3.8) is 0 Å². The Morgan fingerprint density at radius 1 is 1.43 bits per heavy atom. The minimum Gasteiger partial charge on any atom is -0.328 e. The van der Waals surface area contributed by atoms with E-state index in [0.29, 0.717) is 18.7 Å². The molecule has 0 aliphatic rings. The van der Waals surface area contributed by atoms with E-state index >= 15 is 0 Å². The van der Waals surface area contributed by atoms with Crippen LogP contribution in [0.5, 0.6) is 0 Å². The number of carbonyl (C=O) groups is 1. The quantitative estimate of drug-likeness (QED) is 0.660. The molecule has 2 nitrogen and oxygen atoms in total. The average Bonchev–Trinajstić information content (AvgIpc) is 2.26. The third-order valence-corrected chi connectivity index (χ3v) is 1.97. The van der Waals surface area contributed by atoms with Crippen molar-refractivity contribution >= 4 is 5.91 Å². The lowest BCUT2D eigenvalue weighted by atomic mass is 10.2. The van der Waals surface area contributed by atoms with Crippen molar-refractivity contribution in [1.82, 2.24) is 4.90 Å². The van der Waals surface area contributed by atoms with Gasteiger partial charge >= 0.3 is 0 Å². The fraction of sp³-hybridized carbons (Fsp3) is 0.250. The number of carbonyl (C=O) groups excluding carboxylic acids is 1. The lowest BCUT2D eigenvalue weighted by molar-refractivity contribution is 0.0785. The second-order valence-electron chi connectivity index (χ2n) is 2.89. The van der Waals surface area contributed by atoms with Crippen LogP contribution in [0.2, 0.25) is 0 Å². The molecule has 0 N–H and O–H groups in total. The fourth-order valence-corrected chi connectivity index (χ4v) is 1.20. The number of benzene rings is 1. The van der Waals surface area contributed by atoms with Crippen LogP contribution in [0, 0.1) is 12.3 Å². The summed E-state index contributed by atoms with van der Waals surface area (Å²) in [7, 11) is 0. The molecule has 2 heteroatoms. The molecule has 0 atom stereocenters. The van der Waals surface area contributed by atoms with Crippen LogP contribution in [0.3, 0.4) is 0 Å². The minimum atomic E-state index is -0.00829. The summed E-state index contributed by atoms with van der Waals surface area (Å²) in [5.41, 5.74) is 0.685. The lowest BCUT2D eigenvalue weighted by Crippen LogP contribution is -2.30. The molecule has 0 saturated heterocycles. The lowest BCUT2D eigenvalue weighted by Gasteiger charge is -2.17. The van der Waals surface area contributed by atoms with Crippen molar-refractivity contribution in [1.29, 1.82) is 0 Å². The molecule has 0 unspecified atom stereocenters. The van der Waals surface area contributed by atoms with E-state index in [4.69, 9.17) is 6.42 Å². The molecule has 0 spiro atoms. The van der Waals surface area contributed by atoms with E-state index in [2.05, 4.69) is 5.92 Å². The molecule has 0 aromatic heterocycles. The fourth-order valence-electron chi connectivity index (χ4n) is 1.20. The van der Waals surface area contributed by atoms with Crippen molar-refractivity contribution in [2.75, 3.05) is 13.1 Å². The molecule has 0 heterocycles. The van der Waals surface area contributed by atoms with E-state index in [9.17, 15) is 4.79 Å². The highest BCUT2D eigenvalue weighted by Crippen LogP contribution is 2.03. The van der Waals surface area contributed by atoms with E-state index < -0.39 is 0 Å². The van der Waals surface area contributed by atoms with E-state index in [0.717, 1.165) is 0 Å². The third kappa shape index (κ3) is 2.37. The summed E-state index contributed by atoms with van der Waals surface area (Å²) in [6, 6.07) is 9.16. The standard InChI is InChI=1S/C12H13NO/c1-3-10-13(4-2)12(14)11-8-6-5-7-9-11/h1,5-9H,4,10H2,2H3. The van der Waals surface area contributed by atoms with E-state index in [-0.39, 0.29) is 5.91 Å². The molecule has 0 aliphatic heterocycles. The largest absolute Gasteiger partial charge is 0.328 e. The molecule has 0 aliphatic carbocycles. The molecule has 1 aromatic carbocycles. The van der Waals surface area contributed by atoms with Gasteiger partial charge in [0.15, 0.2) is 0 Å². The average molecular weight is 187 g/mol. The van der Waals surface area contributed by atoms with Crippen LogP contribution in [-0.2, 0) is 0 Å². The Morgan fingerprint density at radius 3 is 2.57 bits per heavy atom. The van der Waals surface area contributed by atoms with Gasteiger partial charge in [-0.25, -0.2) is 0 Å². The molecular formula is C12H13NO. The monoisotopic (exact) mass is 187 g/mol. The highest BCUT2D eigenvalue weighted by molar-refractivity contribution is 5.94. The Labute approximate surface area is 84.5 Å². The normalized spacial score (nSPS) is 9.14. The number of amides is 1. The van der Waals surface area contributed by atoms with Gasteiger partial charge in [0, 0.05) is 12.1 Å². The molecule has 1 rings (SSSR count). The molecule has 72 valence electrons. The summed E-state index contributed by atoms with van der Waals surface area (Å²) in [6.07, 6.45) is 5.18. The predicted molar refractivity (Wildman–Crippen MR) is 56.9 cm³/mol. The second kappa shape index (κ2) is 5.08. The molecule has 0 radical (unpaired) electrons. The molecule has 0 fully saturated rings. The van der Waals surface area contributed by atoms with Gasteiger partial charge in [-0.3, -0.25) is 4.79 Å². The smallest absolute Gasteiger partial charge is 0.254 e. The zero-order valence-corrected chi connectivity index (χ0v) is 8.23. The summed E-state index contributed by atoms with van der Waals surface area (Å²) in [6.45, 7) is 2.92. The first-order chi connectivity index (χ1) is 6.79. The zero-order chi connectivity index (χ0) is 10.4. The van der Waals surface area contributed by atoms with Gasteiger partial charge in [-0.1, -0.05) is 24.1 Å². The van der Waals surface area contributed by atoms with Gasteiger partial charge in [0.2, 0.25) is 0 Å². The van der Waals surface area contributed by atoms with Crippen LogP contribution in [0.15, 0.2) is 30.3 Å². The summed E-state index contributed by atoms with van der Waals surface area (Å²) in [4.78, 5) is 13.4. The molecular weight excluding hydrogens is 174 g/mol. The zero-order valence-electron chi connectivity index (χ0n) is 8.23. The SMILES string of the molecule is C#CCN(CC)C(=O)c1ccccc1. The van der Waals surface area contributed by atoms with Crippen LogP contribution in [0.1, 0.15) is 17.3 Å². The summed E-state index contributed by atoms with van der Waals surface area (Å²) in [5.74, 6) is 2.47. The van der Waals surface area contributed by atoms with E-state index in [1.165, 1.54) is 0 Å². The number of hydrogen-bond acceptors (Lipinski definition) is 1. The van der Waals surface area contributed by atoms with Crippen LogP contribution >= 0.6 is 0 Å². The van der Waals surface area contributed by atoms with Crippen molar-refractivity contribution < 1.29 is 4.79 Å².